The Balaban J connectivity index is 2.06. The molecule has 1 amide bonds. The van der Waals surface area contributed by atoms with E-state index in [0.29, 0.717) is 26.3 Å². The predicted molar refractivity (Wildman–Crippen MR) is 127 cm³/mol. The Morgan fingerprint density at radius 1 is 1.25 bits per heavy atom. The van der Waals surface area contributed by atoms with E-state index < -0.39 is 5.97 Å². The molecule has 32 heavy (non-hydrogen) atoms. The third-order valence-corrected chi connectivity index (χ3v) is 6.50. The minimum absolute atomic E-state index is 0.150. The van der Waals surface area contributed by atoms with Crippen LogP contribution in [0.25, 0.3) is 11.7 Å². The van der Waals surface area contributed by atoms with Gasteiger partial charge in [0, 0.05) is 18.7 Å². The van der Waals surface area contributed by atoms with E-state index in [1.165, 1.54) is 9.30 Å². The van der Waals surface area contributed by atoms with Gasteiger partial charge in [-0.2, -0.15) is 4.98 Å². The molecule has 0 aliphatic carbocycles. The van der Waals surface area contributed by atoms with E-state index in [-0.39, 0.29) is 30.9 Å². The zero-order chi connectivity index (χ0) is 23.3. The molecular formula is C22H26N4O4S2. The number of pyridine rings is 1. The molecule has 10 heteroatoms. The molecule has 0 radical (unpaired) electrons. The molecule has 0 aromatic carbocycles. The fourth-order valence-electron chi connectivity index (χ4n) is 3.67. The second kappa shape index (κ2) is 10.8. The number of thiocarbonyl (C=S) groups is 1. The van der Waals surface area contributed by atoms with Gasteiger partial charge in [0.25, 0.3) is 11.5 Å². The van der Waals surface area contributed by atoms with E-state index in [4.69, 9.17) is 17.2 Å². The molecule has 2 aromatic heterocycles. The number of quaternary nitrogens is 1. The fourth-order valence-corrected chi connectivity index (χ4v) is 4.96. The number of hydrogen-bond acceptors (Lipinski definition) is 7. The fraction of sp³-hybridized carbons (Fsp3) is 0.409. The first-order valence-electron chi connectivity index (χ1n) is 10.7. The molecule has 0 unspecified atom stereocenters. The SMILES string of the molecule is CCC[NH+](CCC)c1nc2ccccn2c(=O)c1C=C1SC(=S)N(CCCC(=O)[O-])C1=O. The van der Waals surface area contributed by atoms with E-state index >= 15 is 0 Å². The van der Waals surface area contributed by atoms with Crippen molar-refractivity contribution >= 4 is 57.7 Å². The predicted octanol–water partition coefficient (Wildman–Crippen LogP) is 0.762. The summed E-state index contributed by atoms with van der Waals surface area (Å²) >= 11 is 6.44. The van der Waals surface area contributed by atoms with Crippen LogP contribution in [0.15, 0.2) is 34.1 Å². The first-order chi connectivity index (χ1) is 15.4. The normalized spacial score (nSPS) is 15.5. The van der Waals surface area contributed by atoms with Crippen molar-refractivity contribution in [3.05, 3.63) is 45.2 Å². The summed E-state index contributed by atoms with van der Waals surface area (Å²) in [6.45, 7) is 5.99. The Labute approximate surface area is 195 Å². The zero-order valence-electron chi connectivity index (χ0n) is 18.1. The van der Waals surface area contributed by atoms with Gasteiger partial charge < -0.3 is 9.90 Å². The molecule has 3 heterocycles. The number of rotatable bonds is 10. The van der Waals surface area contributed by atoms with Crippen LogP contribution in [0.5, 0.6) is 0 Å². The van der Waals surface area contributed by atoms with Crippen LogP contribution in [0.4, 0.5) is 5.82 Å². The number of thioether (sulfide) groups is 1. The van der Waals surface area contributed by atoms with Gasteiger partial charge in [0.05, 0.1) is 18.0 Å². The van der Waals surface area contributed by atoms with Crippen molar-refractivity contribution in [2.75, 3.05) is 19.6 Å². The standard InChI is InChI=1S/C22H26N4O4S2/c1-3-10-24(11-4-2)19-15(20(29)25-12-6-5-8-17(25)23-19)14-16-21(30)26(22(31)32-16)13-7-9-18(27)28/h5-6,8,12,14H,3-4,7,9-11,13H2,1-2H3,(H,27,28). The number of aromatic nitrogens is 2. The molecule has 1 saturated heterocycles. The number of amides is 1. The van der Waals surface area contributed by atoms with Gasteiger partial charge in [-0.1, -0.05) is 43.9 Å². The number of carbonyl (C=O) groups is 2. The molecular weight excluding hydrogens is 448 g/mol. The van der Waals surface area contributed by atoms with Gasteiger partial charge in [0.15, 0.2) is 0 Å². The zero-order valence-corrected chi connectivity index (χ0v) is 19.8. The van der Waals surface area contributed by atoms with Gasteiger partial charge in [-0.25, -0.2) is 0 Å². The van der Waals surface area contributed by atoms with E-state index in [1.807, 2.05) is 6.07 Å². The Morgan fingerprint density at radius 3 is 2.62 bits per heavy atom. The number of nitrogens with zero attached hydrogens (tertiary/aromatic N) is 3. The van der Waals surface area contributed by atoms with E-state index in [0.717, 1.165) is 42.6 Å². The molecule has 1 aliphatic rings. The van der Waals surface area contributed by atoms with Gasteiger partial charge >= 0.3 is 0 Å². The monoisotopic (exact) mass is 474 g/mol. The lowest BCUT2D eigenvalue weighted by molar-refractivity contribution is -0.835. The van der Waals surface area contributed by atoms with Gasteiger partial charge in [-0.05, 0) is 43.9 Å². The molecule has 8 nitrogen and oxygen atoms in total. The minimum atomic E-state index is -1.17. The molecule has 1 N–H and O–H groups in total. The lowest BCUT2D eigenvalue weighted by Gasteiger charge is -2.19. The maximum absolute atomic E-state index is 13.4. The minimum Gasteiger partial charge on any atom is -0.550 e. The Kier molecular flexibility index (Phi) is 8.16. The van der Waals surface area contributed by atoms with Crippen molar-refractivity contribution in [3.63, 3.8) is 0 Å². The number of carboxylic acid groups (broad SMARTS) is 1. The van der Waals surface area contributed by atoms with E-state index in [9.17, 15) is 19.5 Å². The van der Waals surface area contributed by atoms with Crippen LogP contribution < -0.4 is 15.6 Å². The lowest BCUT2D eigenvalue weighted by atomic mass is 10.2. The summed E-state index contributed by atoms with van der Waals surface area (Å²) in [7, 11) is 0. The summed E-state index contributed by atoms with van der Waals surface area (Å²) in [4.78, 5) is 44.6. The first kappa shape index (κ1) is 24.1. The van der Waals surface area contributed by atoms with Crippen molar-refractivity contribution in [2.24, 2.45) is 0 Å². The van der Waals surface area contributed by atoms with Crippen LogP contribution in [0, 0.1) is 0 Å². The van der Waals surface area contributed by atoms with Crippen molar-refractivity contribution in [2.45, 2.75) is 39.5 Å². The number of nitrogens with one attached hydrogen (secondary N) is 1. The Hall–Kier alpha value is -2.56. The number of carbonyl (C=O) groups excluding carboxylic acids is 2. The highest BCUT2D eigenvalue weighted by molar-refractivity contribution is 8.26. The van der Waals surface area contributed by atoms with Crippen LogP contribution >= 0.6 is 24.0 Å². The molecule has 0 spiro atoms. The van der Waals surface area contributed by atoms with Crippen molar-refractivity contribution in [1.29, 1.82) is 0 Å². The van der Waals surface area contributed by atoms with E-state index in [1.54, 1.807) is 24.4 Å². The average molecular weight is 475 g/mol. The second-order valence-corrected chi connectivity index (χ2v) is 9.20. The topological polar surface area (TPSA) is 99.2 Å². The molecule has 1 fully saturated rings. The van der Waals surface area contributed by atoms with Crippen molar-refractivity contribution in [1.82, 2.24) is 14.3 Å². The largest absolute Gasteiger partial charge is 0.550 e. The van der Waals surface area contributed by atoms with Gasteiger partial charge in [0.2, 0.25) is 5.82 Å². The summed E-state index contributed by atoms with van der Waals surface area (Å²) < 4.78 is 1.83. The Bertz CT molecular complexity index is 1120. The number of aliphatic carboxylic acids is 1. The number of carboxylic acids is 1. The van der Waals surface area contributed by atoms with Gasteiger partial charge in [-0.3, -0.25) is 23.8 Å². The number of hydrogen-bond donors (Lipinski definition) is 1. The molecule has 0 saturated carbocycles. The summed E-state index contributed by atoms with van der Waals surface area (Å²) in [6.07, 6.45) is 5.20. The third-order valence-electron chi connectivity index (χ3n) is 5.12. The van der Waals surface area contributed by atoms with Crippen molar-refractivity contribution < 1.29 is 19.6 Å². The highest BCUT2D eigenvalue weighted by Crippen LogP contribution is 2.32. The molecule has 2 aromatic rings. The summed E-state index contributed by atoms with van der Waals surface area (Å²) in [6, 6.07) is 5.39. The molecule has 0 bridgehead atoms. The summed E-state index contributed by atoms with van der Waals surface area (Å²) in [5, 5.41) is 10.7. The maximum Gasteiger partial charge on any atom is 0.271 e. The quantitative estimate of drug-likeness (QED) is 0.401. The average Bonchev–Trinajstić information content (AvgIpc) is 3.02. The highest BCUT2D eigenvalue weighted by atomic mass is 32.2. The van der Waals surface area contributed by atoms with Crippen LogP contribution in [0.2, 0.25) is 0 Å². The summed E-state index contributed by atoms with van der Waals surface area (Å²) in [5.74, 6) is -0.859. The summed E-state index contributed by atoms with van der Waals surface area (Å²) in [5.41, 5.74) is 0.697. The van der Waals surface area contributed by atoms with Crippen LogP contribution in [-0.4, -0.2) is 50.1 Å². The van der Waals surface area contributed by atoms with E-state index in [2.05, 4.69) is 13.8 Å². The molecule has 1 aliphatic heterocycles. The highest BCUT2D eigenvalue weighted by Gasteiger charge is 2.33. The van der Waals surface area contributed by atoms with Gasteiger partial charge in [0.1, 0.15) is 15.5 Å². The van der Waals surface area contributed by atoms with Crippen molar-refractivity contribution in [3.8, 4) is 0 Å². The van der Waals surface area contributed by atoms with Crippen LogP contribution in [0.1, 0.15) is 45.1 Å². The molecule has 170 valence electrons. The maximum atomic E-state index is 13.4. The van der Waals surface area contributed by atoms with Crippen LogP contribution in [-0.2, 0) is 9.59 Å². The molecule has 3 rings (SSSR count). The smallest absolute Gasteiger partial charge is 0.271 e. The Morgan fingerprint density at radius 2 is 1.97 bits per heavy atom. The van der Waals surface area contributed by atoms with Crippen LogP contribution in [0.3, 0.4) is 0 Å². The number of fused-ring (bicyclic) bond motifs is 1. The third kappa shape index (κ3) is 5.25. The first-order valence-corrected chi connectivity index (χ1v) is 11.9. The molecule has 0 atom stereocenters. The second-order valence-electron chi connectivity index (χ2n) is 7.52. The van der Waals surface area contributed by atoms with Gasteiger partial charge in [-0.15, -0.1) is 0 Å². The lowest BCUT2D eigenvalue weighted by Crippen LogP contribution is -3.07.